The molecule has 166 valence electrons. The predicted molar refractivity (Wildman–Crippen MR) is 89.5 cm³/mol. The second-order valence-electron chi connectivity index (χ2n) is 5.50. The molecule has 0 spiro atoms. The lowest BCUT2D eigenvalue weighted by Crippen LogP contribution is -2.36. The smallest absolute Gasteiger partial charge is 0.459 e. The zero-order chi connectivity index (χ0) is 23.6. The Morgan fingerprint density at radius 2 is 1.90 bits per heavy atom. The van der Waals surface area contributed by atoms with Crippen molar-refractivity contribution in [2.24, 2.45) is 0 Å². The van der Waals surface area contributed by atoms with Crippen molar-refractivity contribution in [3.05, 3.63) is 50.7 Å². The van der Waals surface area contributed by atoms with Crippen LogP contribution in [0, 0.1) is 17.7 Å². The molecule has 14 heteroatoms. The largest absolute Gasteiger partial charge is 0.537 e. The Morgan fingerprint density at radius 1 is 1.26 bits per heavy atom. The second kappa shape index (κ2) is 8.76. The van der Waals surface area contributed by atoms with E-state index in [1.807, 2.05) is 0 Å². The maximum Gasteiger partial charge on any atom is 0.459 e. The van der Waals surface area contributed by atoms with Gasteiger partial charge < -0.3 is 19.4 Å². The van der Waals surface area contributed by atoms with Gasteiger partial charge in [-0.25, -0.2) is 8.96 Å². The monoisotopic (exact) mass is 469 g/mol. The van der Waals surface area contributed by atoms with Gasteiger partial charge in [0.05, 0.1) is 24.4 Å². The van der Waals surface area contributed by atoms with Crippen LogP contribution in [-0.4, -0.2) is 35.6 Å². The topological polar surface area (TPSA) is 93.5 Å². The van der Waals surface area contributed by atoms with Crippen molar-refractivity contribution in [2.75, 3.05) is 13.7 Å². The Hall–Kier alpha value is -3.40. The number of hydrogen-bond donors (Lipinski definition) is 0. The van der Waals surface area contributed by atoms with E-state index < -0.39 is 53.6 Å². The second-order valence-corrected chi connectivity index (χ2v) is 5.90. The number of nitrogens with zero attached hydrogens (tertiary/aromatic N) is 2. The van der Waals surface area contributed by atoms with Crippen LogP contribution in [0.15, 0.2) is 23.0 Å². The Balaban J connectivity index is 2.64. The fourth-order valence-electron chi connectivity index (χ4n) is 2.16. The van der Waals surface area contributed by atoms with Crippen LogP contribution in [0.5, 0.6) is 6.01 Å². The van der Waals surface area contributed by atoms with Gasteiger partial charge in [0.2, 0.25) is 0 Å². The van der Waals surface area contributed by atoms with E-state index in [-0.39, 0.29) is 21.2 Å². The minimum Gasteiger partial charge on any atom is -0.537 e. The molecule has 0 N–H and O–H groups in total. The minimum atomic E-state index is -6.05. The summed E-state index contributed by atoms with van der Waals surface area (Å²) in [7, 11) is 0.805. The molecule has 0 bridgehead atoms. The summed E-state index contributed by atoms with van der Waals surface area (Å²) in [5, 5.41) is 9.88. The Morgan fingerprint density at radius 3 is 2.45 bits per heavy atom. The van der Waals surface area contributed by atoms with Crippen molar-refractivity contribution >= 4 is 17.8 Å². The van der Waals surface area contributed by atoms with E-state index >= 15 is 0 Å². The molecular formula is C17H8ClF6N2O5-. The highest BCUT2D eigenvalue weighted by molar-refractivity contribution is 6.31. The predicted octanol–water partition coefficient (Wildman–Crippen LogP) is 2.40. The summed E-state index contributed by atoms with van der Waals surface area (Å²) < 4.78 is 88.2. The number of alkyl halides is 5. The minimum absolute atomic E-state index is 0.122. The normalized spacial score (nSPS) is 11.5. The van der Waals surface area contributed by atoms with E-state index in [9.17, 15) is 41.0 Å². The number of aromatic nitrogens is 2. The van der Waals surface area contributed by atoms with Gasteiger partial charge in [-0.05, 0) is 12.1 Å². The third-order valence-corrected chi connectivity index (χ3v) is 3.82. The molecule has 0 aliphatic heterocycles. The highest BCUT2D eigenvalue weighted by atomic mass is 35.5. The average molecular weight is 470 g/mol. The lowest BCUT2D eigenvalue weighted by Gasteiger charge is -2.20. The van der Waals surface area contributed by atoms with Gasteiger partial charge in [-0.3, -0.25) is 4.79 Å². The number of rotatable bonds is 4. The van der Waals surface area contributed by atoms with Crippen LogP contribution >= 0.6 is 11.6 Å². The maximum absolute atomic E-state index is 14.4. The first-order chi connectivity index (χ1) is 14.3. The van der Waals surface area contributed by atoms with Gasteiger partial charge in [-0.2, -0.15) is 26.9 Å². The van der Waals surface area contributed by atoms with E-state index in [0.717, 1.165) is 13.2 Å². The molecule has 1 aromatic carbocycles. The van der Waals surface area contributed by atoms with Crippen molar-refractivity contribution in [1.29, 1.82) is 0 Å². The summed E-state index contributed by atoms with van der Waals surface area (Å²) in [6.07, 6.45) is -7.91. The lowest BCUT2D eigenvalue weighted by molar-refractivity contribution is -0.291. The molecule has 31 heavy (non-hydrogen) atoms. The summed E-state index contributed by atoms with van der Waals surface area (Å²) >= 11 is 5.81. The molecular weight excluding hydrogens is 462 g/mol. The quantitative estimate of drug-likeness (QED) is 0.388. The molecule has 2 aromatic rings. The lowest BCUT2D eigenvalue weighted by atomic mass is 10.1. The number of benzene rings is 1. The van der Waals surface area contributed by atoms with Crippen molar-refractivity contribution in [2.45, 2.75) is 12.1 Å². The Labute approximate surface area is 173 Å². The van der Waals surface area contributed by atoms with Gasteiger partial charge in [-0.15, -0.1) is 0 Å². The first-order valence-electron chi connectivity index (χ1n) is 7.74. The molecule has 0 saturated heterocycles. The number of hydrogen-bond acceptors (Lipinski definition) is 6. The van der Waals surface area contributed by atoms with E-state index in [2.05, 4.69) is 26.3 Å². The van der Waals surface area contributed by atoms with Crippen molar-refractivity contribution in [3.63, 3.8) is 0 Å². The number of carbonyl (C=O) groups is 1. The van der Waals surface area contributed by atoms with Crippen LogP contribution in [0.4, 0.5) is 31.1 Å². The first-order valence-corrected chi connectivity index (χ1v) is 8.12. The fraction of sp³-hybridized carbons (Fsp3) is 0.235. The molecule has 0 radical (unpaired) electrons. The SMILES string of the molecule is COc1nc(C(F)(F)C(F)(F)F)cc(=O)n1-c1cc(C#CCOC(=O)[O-])c(Cl)cc1F. The van der Waals surface area contributed by atoms with Crippen LogP contribution in [0.3, 0.4) is 0 Å². The third kappa shape index (κ3) is 5.02. The van der Waals surface area contributed by atoms with E-state index in [4.69, 9.17) is 11.6 Å². The van der Waals surface area contributed by atoms with Gasteiger partial charge in [0.25, 0.3) is 11.7 Å². The zero-order valence-corrected chi connectivity index (χ0v) is 15.8. The number of carbonyl (C=O) groups excluding carboxylic acids is 1. The van der Waals surface area contributed by atoms with Crippen LogP contribution < -0.4 is 15.4 Å². The standard InChI is InChI=1S/C17H9ClF6N2O5/c1-30-14-25-12(16(20,21)17(22,23)24)7-13(27)26(14)11-5-8(9(18)6-10(11)19)3-2-4-31-15(28)29/h5-7H,4H2,1H3,(H,28,29)/p-1. The Kier molecular flexibility index (Phi) is 6.75. The van der Waals surface area contributed by atoms with E-state index in [1.54, 1.807) is 0 Å². The van der Waals surface area contributed by atoms with Crippen LogP contribution in [0.1, 0.15) is 11.3 Å². The van der Waals surface area contributed by atoms with Gasteiger partial charge in [-0.1, -0.05) is 23.4 Å². The van der Waals surface area contributed by atoms with E-state index in [0.29, 0.717) is 6.07 Å². The highest BCUT2D eigenvalue weighted by Crippen LogP contribution is 2.43. The molecule has 0 fully saturated rings. The number of methoxy groups -OCH3 is 1. The molecule has 0 aliphatic rings. The summed E-state index contributed by atoms with van der Waals surface area (Å²) in [5.41, 5.74) is -4.33. The molecule has 0 atom stereocenters. The van der Waals surface area contributed by atoms with Crippen molar-refractivity contribution < 1.29 is 45.7 Å². The molecule has 0 aliphatic carbocycles. The number of carboxylic acid groups (broad SMARTS) is 1. The first kappa shape index (κ1) is 23.9. The highest BCUT2D eigenvalue weighted by Gasteiger charge is 2.60. The molecule has 1 heterocycles. The van der Waals surface area contributed by atoms with Gasteiger partial charge in [0, 0.05) is 11.6 Å². The van der Waals surface area contributed by atoms with Gasteiger partial charge >= 0.3 is 18.1 Å². The zero-order valence-electron chi connectivity index (χ0n) is 15.0. The molecule has 2 rings (SSSR count). The van der Waals surface area contributed by atoms with Gasteiger partial charge in [0.15, 0.2) is 0 Å². The molecule has 0 amide bonds. The molecule has 0 unspecified atom stereocenters. The van der Waals surface area contributed by atoms with Crippen LogP contribution in [0.25, 0.3) is 5.69 Å². The third-order valence-electron chi connectivity index (χ3n) is 3.51. The van der Waals surface area contributed by atoms with Crippen LogP contribution in [-0.2, 0) is 10.7 Å². The Bertz CT molecular complexity index is 1140. The number of halogens is 7. The van der Waals surface area contributed by atoms with E-state index in [1.165, 1.54) is 0 Å². The van der Waals surface area contributed by atoms with Crippen molar-refractivity contribution in [1.82, 2.24) is 9.55 Å². The average Bonchev–Trinajstić information content (AvgIpc) is 2.65. The van der Waals surface area contributed by atoms with Crippen molar-refractivity contribution in [3.8, 4) is 23.5 Å². The van der Waals surface area contributed by atoms with Crippen LogP contribution in [0.2, 0.25) is 5.02 Å². The number of ether oxygens (including phenoxy) is 2. The molecule has 1 aromatic heterocycles. The summed E-state index contributed by atoms with van der Waals surface area (Å²) in [6, 6.07) is 0.316. The van der Waals surface area contributed by atoms with Gasteiger partial charge in [0.1, 0.15) is 11.5 Å². The maximum atomic E-state index is 14.4. The molecule has 7 nitrogen and oxygen atoms in total. The summed E-state index contributed by atoms with van der Waals surface area (Å²) in [6.45, 7) is -0.641. The summed E-state index contributed by atoms with van der Waals surface area (Å²) in [4.78, 5) is 25.5. The fourth-order valence-corrected chi connectivity index (χ4v) is 2.35. The summed E-state index contributed by atoms with van der Waals surface area (Å²) in [5.74, 6) is -2.16. The molecule has 0 saturated carbocycles.